The fourth-order valence-corrected chi connectivity index (χ4v) is 2.26. The van der Waals surface area contributed by atoms with E-state index in [0.29, 0.717) is 11.7 Å². The van der Waals surface area contributed by atoms with Gasteiger partial charge in [0.25, 0.3) is 0 Å². The van der Waals surface area contributed by atoms with Gasteiger partial charge in [-0.1, -0.05) is 25.5 Å². The summed E-state index contributed by atoms with van der Waals surface area (Å²) in [5, 5.41) is 13.1. The number of ether oxygens (including phenoxy) is 1. The van der Waals surface area contributed by atoms with Gasteiger partial charge in [-0.3, -0.25) is 0 Å². The first-order chi connectivity index (χ1) is 10.1. The number of unbranched alkanes of at least 4 members (excludes halogenated alkanes) is 1. The lowest BCUT2D eigenvalue weighted by Crippen LogP contribution is -2.46. The van der Waals surface area contributed by atoms with Gasteiger partial charge in [0.1, 0.15) is 12.0 Å². The minimum absolute atomic E-state index is 0.538. The molecule has 21 heavy (non-hydrogen) atoms. The number of aliphatic hydroxyl groups excluding tert-OH is 1. The van der Waals surface area contributed by atoms with Gasteiger partial charge in [0.15, 0.2) is 5.11 Å². The summed E-state index contributed by atoms with van der Waals surface area (Å²) in [7, 11) is 0. The van der Waals surface area contributed by atoms with Crippen molar-refractivity contribution in [1.29, 1.82) is 0 Å². The monoisotopic (exact) mass is 306 g/mol. The van der Waals surface area contributed by atoms with E-state index in [1.165, 1.54) is 0 Å². The zero-order valence-electron chi connectivity index (χ0n) is 12.5. The van der Waals surface area contributed by atoms with Crippen LogP contribution in [0.2, 0.25) is 0 Å². The summed E-state index contributed by atoms with van der Waals surface area (Å²) in [6, 6.07) is 8.05. The molecule has 0 aromatic heterocycles. The van der Waals surface area contributed by atoms with E-state index in [9.17, 15) is 5.11 Å². The Balaban J connectivity index is 1.95. The summed E-state index contributed by atoms with van der Waals surface area (Å²) in [5.41, 5.74) is 1.99. The van der Waals surface area contributed by atoms with Gasteiger partial charge in [0, 0.05) is 12.7 Å². The number of rotatable bonds is 6. The summed E-state index contributed by atoms with van der Waals surface area (Å²) in [6.45, 7) is 5.45. The SMILES string of the molecule is CCCCOc1ccc(CN2C=C(C)C(O)NC2=S)cc1. The average Bonchev–Trinajstić information content (AvgIpc) is 2.47. The highest BCUT2D eigenvalue weighted by Crippen LogP contribution is 2.17. The van der Waals surface area contributed by atoms with Crippen molar-refractivity contribution in [3.63, 3.8) is 0 Å². The van der Waals surface area contributed by atoms with Crippen LogP contribution in [0.25, 0.3) is 0 Å². The Morgan fingerprint density at radius 2 is 2.05 bits per heavy atom. The lowest BCUT2D eigenvalue weighted by atomic mass is 10.2. The minimum Gasteiger partial charge on any atom is -0.494 e. The minimum atomic E-state index is -0.678. The third-order valence-corrected chi connectivity index (χ3v) is 3.71. The molecular weight excluding hydrogens is 284 g/mol. The summed E-state index contributed by atoms with van der Waals surface area (Å²) in [6.07, 6.45) is 3.41. The highest BCUT2D eigenvalue weighted by atomic mass is 32.1. The molecule has 0 spiro atoms. The van der Waals surface area contributed by atoms with Crippen molar-refractivity contribution in [1.82, 2.24) is 10.2 Å². The predicted octanol–water partition coefficient (Wildman–Crippen LogP) is 2.78. The quantitative estimate of drug-likeness (QED) is 0.625. The van der Waals surface area contributed by atoms with Crippen LogP contribution >= 0.6 is 12.2 Å². The van der Waals surface area contributed by atoms with Crippen LogP contribution in [0, 0.1) is 0 Å². The molecule has 1 heterocycles. The standard InChI is InChI=1S/C16H22N2O2S/c1-3-4-9-20-14-7-5-13(6-8-14)11-18-10-12(2)15(19)17-16(18)21/h5-8,10,15,19H,3-4,9,11H2,1-2H3,(H,17,21). The number of benzene rings is 1. The van der Waals surface area contributed by atoms with Crippen LogP contribution in [0.5, 0.6) is 5.75 Å². The molecule has 2 N–H and O–H groups in total. The Kier molecular flexibility index (Phi) is 5.59. The fraction of sp³-hybridized carbons (Fsp3) is 0.438. The molecule has 0 amide bonds. The molecule has 0 saturated carbocycles. The number of nitrogens with zero attached hydrogens (tertiary/aromatic N) is 1. The van der Waals surface area contributed by atoms with Gasteiger partial charge < -0.3 is 20.1 Å². The largest absolute Gasteiger partial charge is 0.494 e. The van der Waals surface area contributed by atoms with Crippen LogP contribution in [0.4, 0.5) is 0 Å². The molecule has 0 bridgehead atoms. The third-order valence-electron chi connectivity index (χ3n) is 3.35. The molecule has 1 unspecified atom stereocenters. The number of hydrogen-bond donors (Lipinski definition) is 2. The Labute approximate surface area is 131 Å². The lowest BCUT2D eigenvalue weighted by molar-refractivity contribution is 0.183. The molecular formula is C16H22N2O2S. The van der Waals surface area contributed by atoms with E-state index >= 15 is 0 Å². The molecule has 1 aliphatic heterocycles. The molecule has 1 aromatic rings. The van der Waals surface area contributed by atoms with E-state index in [4.69, 9.17) is 17.0 Å². The van der Waals surface area contributed by atoms with Crippen LogP contribution in [0.1, 0.15) is 32.3 Å². The molecule has 0 fully saturated rings. The third kappa shape index (κ3) is 4.44. The van der Waals surface area contributed by atoms with E-state index in [-0.39, 0.29) is 0 Å². The van der Waals surface area contributed by atoms with Crippen molar-refractivity contribution in [2.24, 2.45) is 0 Å². The van der Waals surface area contributed by atoms with Crippen molar-refractivity contribution >= 4 is 17.3 Å². The number of nitrogens with one attached hydrogen (secondary N) is 1. The zero-order chi connectivity index (χ0) is 15.2. The highest BCUT2D eigenvalue weighted by Gasteiger charge is 2.19. The van der Waals surface area contributed by atoms with Crippen molar-refractivity contribution in [2.75, 3.05) is 6.61 Å². The van der Waals surface area contributed by atoms with Crippen LogP contribution in [-0.2, 0) is 6.54 Å². The maximum absolute atomic E-state index is 9.66. The number of aliphatic hydroxyl groups is 1. The Morgan fingerprint density at radius 3 is 2.71 bits per heavy atom. The summed E-state index contributed by atoms with van der Waals surface area (Å²) < 4.78 is 5.65. The van der Waals surface area contributed by atoms with E-state index in [2.05, 4.69) is 12.2 Å². The molecule has 1 atom stereocenters. The van der Waals surface area contributed by atoms with Crippen LogP contribution in [-0.4, -0.2) is 28.0 Å². The van der Waals surface area contributed by atoms with Crippen molar-refractivity contribution in [2.45, 2.75) is 39.5 Å². The first-order valence-corrected chi connectivity index (χ1v) is 7.66. The Bertz CT molecular complexity index is 514. The molecule has 1 aromatic carbocycles. The number of hydrogen-bond acceptors (Lipinski definition) is 3. The molecule has 5 heteroatoms. The summed E-state index contributed by atoms with van der Waals surface area (Å²) in [5.74, 6) is 0.897. The second-order valence-electron chi connectivity index (χ2n) is 5.20. The van der Waals surface area contributed by atoms with Gasteiger partial charge >= 0.3 is 0 Å². The molecule has 114 valence electrons. The topological polar surface area (TPSA) is 44.7 Å². The molecule has 4 nitrogen and oxygen atoms in total. The van der Waals surface area contributed by atoms with Crippen LogP contribution in [0.15, 0.2) is 36.0 Å². The predicted molar refractivity (Wildman–Crippen MR) is 87.9 cm³/mol. The van der Waals surface area contributed by atoms with E-state index < -0.39 is 6.23 Å². The van der Waals surface area contributed by atoms with Gasteiger partial charge in [0.2, 0.25) is 0 Å². The van der Waals surface area contributed by atoms with Gasteiger partial charge in [-0.15, -0.1) is 0 Å². The maximum atomic E-state index is 9.66. The smallest absolute Gasteiger partial charge is 0.175 e. The lowest BCUT2D eigenvalue weighted by Gasteiger charge is -2.30. The highest BCUT2D eigenvalue weighted by molar-refractivity contribution is 7.80. The van der Waals surface area contributed by atoms with Gasteiger partial charge in [0.05, 0.1) is 6.61 Å². The molecule has 0 aliphatic carbocycles. The average molecular weight is 306 g/mol. The molecule has 0 saturated heterocycles. The Morgan fingerprint density at radius 1 is 1.33 bits per heavy atom. The second kappa shape index (κ2) is 7.43. The van der Waals surface area contributed by atoms with E-state index in [1.54, 1.807) is 0 Å². The van der Waals surface area contributed by atoms with Gasteiger partial charge in [-0.25, -0.2) is 0 Å². The van der Waals surface area contributed by atoms with Crippen molar-refractivity contribution < 1.29 is 9.84 Å². The second-order valence-corrected chi connectivity index (χ2v) is 5.59. The van der Waals surface area contributed by atoms with Crippen LogP contribution in [0.3, 0.4) is 0 Å². The molecule has 0 radical (unpaired) electrons. The van der Waals surface area contributed by atoms with Gasteiger partial charge in [-0.2, -0.15) is 0 Å². The zero-order valence-corrected chi connectivity index (χ0v) is 13.3. The first-order valence-electron chi connectivity index (χ1n) is 7.25. The maximum Gasteiger partial charge on any atom is 0.175 e. The normalized spacial score (nSPS) is 18.2. The summed E-state index contributed by atoms with van der Waals surface area (Å²) in [4.78, 5) is 1.92. The van der Waals surface area contributed by atoms with E-state index in [1.807, 2.05) is 42.3 Å². The first kappa shape index (κ1) is 15.8. The number of thiocarbonyl (C=S) groups is 1. The molecule has 2 rings (SSSR count). The molecule has 1 aliphatic rings. The Hall–Kier alpha value is -1.59. The van der Waals surface area contributed by atoms with Crippen molar-refractivity contribution in [3.05, 3.63) is 41.6 Å². The van der Waals surface area contributed by atoms with Gasteiger partial charge in [-0.05, 0) is 48.8 Å². The van der Waals surface area contributed by atoms with Crippen molar-refractivity contribution in [3.8, 4) is 5.75 Å². The van der Waals surface area contributed by atoms with E-state index in [0.717, 1.165) is 36.3 Å². The van der Waals surface area contributed by atoms with Crippen LogP contribution < -0.4 is 10.1 Å². The summed E-state index contributed by atoms with van der Waals surface area (Å²) >= 11 is 5.24. The fourth-order valence-electron chi connectivity index (χ4n) is 2.03.